The summed E-state index contributed by atoms with van der Waals surface area (Å²) in [5.41, 5.74) is 1.85. The van der Waals surface area contributed by atoms with Crippen LogP contribution in [0.3, 0.4) is 0 Å². The van der Waals surface area contributed by atoms with Gasteiger partial charge in [-0.1, -0.05) is 49.8 Å². The molecule has 2 rings (SSSR count). The number of likely N-dealkylation sites (N-methyl/N-ethyl adjacent to an activating group) is 1. The molecular weight excluding hydrogens is 206 g/mol. The summed E-state index contributed by atoms with van der Waals surface area (Å²) in [5.74, 6) is 0. The molecule has 0 bridgehead atoms. The largest absolute Gasteiger partial charge is 0.313 e. The van der Waals surface area contributed by atoms with E-state index in [4.69, 9.17) is 0 Å². The molecule has 1 aromatic rings. The van der Waals surface area contributed by atoms with Gasteiger partial charge in [0.05, 0.1) is 0 Å². The summed E-state index contributed by atoms with van der Waals surface area (Å²) in [7, 11) is 0. The number of rotatable bonds is 6. The molecule has 1 fully saturated rings. The summed E-state index contributed by atoms with van der Waals surface area (Å²) in [5, 5.41) is 3.65. The van der Waals surface area contributed by atoms with Crippen molar-refractivity contribution in [3.63, 3.8) is 0 Å². The summed E-state index contributed by atoms with van der Waals surface area (Å²) < 4.78 is 0. The van der Waals surface area contributed by atoms with Crippen molar-refractivity contribution in [2.75, 3.05) is 6.54 Å². The third-order valence-corrected chi connectivity index (χ3v) is 4.11. The predicted octanol–water partition coefficient (Wildman–Crippen LogP) is 3.66. The summed E-state index contributed by atoms with van der Waals surface area (Å²) in [6, 6.07) is 11.5. The lowest BCUT2D eigenvalue weighted by atomic mass is 9.59. The highest BCUT2D eigenvalue weighted by Crippen LogP contribution is 2.47. The third kappa shape index (κ3) is 2.30. The van der Waals surface area contributed by atoms with E-state index in [0.717, 1.165) is 13.0 Å². The maximum Gasteiger partial charge on any atom is 0.0198 e. The maximum absolute atomic E-state index is 3.91. The molecule has 1 aliphatic rings. The lowest BCUT2D eigenvalue weighted by Gasteiger charge is -2.48. The molecule has 1 aliphatic carbocycles. The molecule has 1 N–H and O–H groups in total. The molecule has 92 valence electrons. The van der Waals surface area contributed by atoms with Gasteiger partial charge < -0.3 is 5.32 Å². The van der Waals surface area contributed by atoms with Gasteiger partial charge >= 0.3 is 0 Å². The molecule has 17 heavy (non-hydrogen) atoms. The Morgan fingerprint density at radius 2 is 2.06 bits per heavy atom. The first kappa shape index (κ1) is 12.4. The number of nitrogens with one attached hydrogen (secondary N) is 1. The molecule has 0 heterocycles. The van der Waals surface area contributed by atoms with Crippen molar-refractivity contribution < 1.29 is 0 Å². The molecule has 1 heteroatoms. The van der Waals surface area contributed by atoms with Crippen LogP contribution < -0.4 is 5.32 Å². The second-order valence-electron chi connectivity index (χ2n) is 5.01. The molecule has 0 amide bonds. The van der Waals surface area contributed by atoms with Crippen molar-refractivity contribution >= 4 is 0 Å². The van der Waals surface area contributed by atoms with Crippen molar-refractivity contribution in [3.8, 4) is 0 Å². The van der Waals surface area contributed by atoms with Gasteiger partial charge in [-0.25, -0.2) is 0 Å². The average molecular weight is 229 g/mol. The van der Waals surface area contributed by atoms with Crippen molar-refractivity contribution in [1.82, 2.24) is 5.32 Å². The van der Waals surface area contributed by atoms with Gasteiger partial charge in [0.15, 0.2) is 0 Å². The topological polar surface area (TPSA) is 12.0 Å². The van der Waals surface area contributed by atoms with Crippen molar-refractivity contribution in [1.29, 1.82) is 0 Å². The van der Waals surface area contributed by atoms with Gasteiger partial charge in [-0.2, -0.15) is 0 Å². The van der Waals surface area contributed by atoms with Crippen molar-refractivity contribution in [2.45, 2.75) is 44.1 Å². The summed E-state index contributed by atoms with van der Waals surface area (Å²) in [6.45, 7) is 7.13. The molecule has 1 nitrogen and oxygen atoms in total. The highest BCUT2D eigenvalue weighted by Gasteiger charge is 2.44. The van der Waals surface area contributed by atoms with Crippen molar-refractivity contribution in [3.05, 3.63) is 48.6 Å². The molecule has 0 saturated heterocycles. The fraction of sp³-hybridized carbons (Fsp3) is 0.500. The quantitative estimate of drug-likeness (QED) is 0.734. The van der Waals surface area contributed by atoms with Gasteiger partial charge in [0.25, 0.3) is 0 Å². The fourth-order valence-electron chi connectivity index (χ4n) is 3.08. The van der Waals surface area contributed by atoms with E-state index in [9.17, 15) is 0 Å². The minimum Gasteiger partial charge on any atom is -0.313 e. The first-order valence-corrected chi connectivity index (χ1v) is 6.73. The van der Waals surface area contributed by atoms with E-state index in [2.05, 4.69) is 55.2 Å². The second-order valence-corrected chi connectivity index (χ2v) is 5.01. The van der Waals surface area contributed by atoms with Crippen LogP contribution in [0, 0.1) is 0 Å². The number of hydrogen-bond acceptors (Lipinski definition) is 1. The van der Waals surface area contributed by atoms with E-state index in [1.165, 1.54) is 24.8 Å². The number of hydrogen-bond donors (Lipinski definition) is 1. The van der Waals surface area contributed by atoms with E-state index in [-0.39, 0.29) is 0 Å². The molecule has 1 unspecified atom stereocenters. The van der Waals surface area contributed by atoms with Gasteiger partial charge in [0.1, 0.15) is 0 Å². The molecular formula is C16H23N. The van der Waals surface area contributed by atoms with E-state index in [1.54, 1.807) is 0 Å². The first-order chi connectivity index (χ1) is 8.33. The lowest BCUT2D eigenvalue weighted by Crippen LogP contribution is -2.52. The predicted molar refractivity (Wildman–Crippen MR) is 74.2 cm³/mol. The Kier molecular flexibility index (Phi) is 4.01. The van der Waals surface area contributed by atoms with Crippen LogP contribution in [0.4, 0.5) is 0 Å². The standard InChI is InChI=1S/C16H23N/c1-3-9-15(17-4-2)16(12-8-13-16)14-10-6-5-7-11-14/h3,5-7,10-11,15,17H,1,4,8-9,12-13H2,2H3. The Morgan fingerprint density at radius 3 is 2.53 bits per heavy atom. The Morgan fingerprint density at radius 1 is 1.35 bits per heavy atom. The van der Waals surface area contributed by atoms with Gasteiger partial charge in [0.2, 0.25) is 0 Å². The molecule has 1 aromatic carbocycles. The molecule has 0 aromatic heterocycles. The smallest absolute Gasteiger partial charge is 0.0198 e. The fourth-order valence-corrected chi connectivity index (χ4v) is 3.08. The highest BCUT2D eigenvalue weighted by atomic mass is 14.9. The average Bonchev–Trinajstić information content (AvgIpc) is 2.30. The second kappa shape index (κ2) is 5.50. The molecule has 1 saturated carbocycles. The van der Waals surface area contributed by atoms with E-state index >= 15 is 0 Å². The zero-order valence-electron chi connectivity index (χ0n) is 10.8. The summed E-state index contributed by atoms with van der Waals surface area (Å²) in [6.07, 6.45) is 7.08. The van der Waals surface area contributed by atoms with E-state index in [1.807, 2.05) is 0 Å². The van der Waals surface area contributed by atoms with Gasteiger partial charge in [-0.3, -0.25) is 0 Å². The molecule has 0 radical (unpaired) electrons. The van der Waals surface area contributed by atoms with Crippen LogP contribution in [0.25, 0.3) is 0 Å². The monoisotopic (exact) mass is 229 g/mol. The van der Waals surface area contributed by atoms with Crippen molar-refractivity contribution in [2.24, 2.45) is 0 Å². The van der Waals surface area contributed by atoms with Gasteiger partial charge in [-0.05, 0) is 31.4 Å². The Balaban J connectivity index is 2.26. The number of benzene rings is 1. The summed E-state index contributed by atoms with van der Waals surface area (Å²) >= 11 is 0. The van der Waals surface area contributed by atoms with Crippen LogP contribution in [0.2, 0.25) is 0 Å². The lowest BCUT2D eigenvalue weighted by molar-refractivity contribution is 0.171. The molecule has 0 spiro atoms. The highest BCUT2D eigenvalue weighted by molar-refractivity contribution is 5.31. The zero-order valence-corrected chi connectivity index (χ0v) is 10.8. The first-order valence-electron chi connectivity index (χ1n) is 6.73. The van der Waals surface area contributed by atoms with Crippen LogP contribution in [0.15, 0.2) is 43.0 Å². The minimum atomic E-state index is 0.353. The molecule has 0 aliphatic heterocycles. The summed E-state index contributed by atoms with van der Waals surface area (Å²) in [4.78, 5) is 0. The Labute approximate surface area is 105 Å². The van der Waals surface area contributed by atoms with Crippen LogP contribution in [-0.2, 0) is 5.41 Å². The Hall–Kier alpha value is -1.08. The van der Waals surface area contributed by atoms with E-state index in [0.29, 0.717) is 11.5 Å². The molecule has 1 atom stereocenters. The van der Waals surface area contributed by atoms with Gasteiger partial charge in [-0.15, -0.1) is 6.58 Å². The Bertz CT molecular complexity index is 351. The maximum atomic E-state index is 3.91. The SMILES string of the molecule is C=CCC(NCC)C1(c2ccccc2)CCC1. The van der Waals surface area contributed by atoms with E-state index < -0.39 is 0 Å². The minimum absolute atomic E-state index is 0.353. The van der Waals surface area contributed by atoms with Gasteiger partial charge in [0, 0.05) is 11.5 Å². The van der Waals surface area contributed by atoms with Crippen LogP contribution in [0.1, 0.15) is 38.2 Å². The van der Waals surface area contributed by atoms with Crippen LogP contribution >= 0.6 is 0 Å². The zero-order chi connectivity index (χ0) is 12.1. The van der Waals surface area contributed by atoms with Crippen LogP contribution in [0.5, 0.6) is 0 Å². The van der Waals surface area contributed by atoms with Crippen LogP contribution in [-0.4, -0.2) is 12.6 Å². The normalized spacial score (nSPS) is 19.4. The third-order valence-electron chi connectivity index (χ3n) is 4.11.